The number of carbonyl (C=O) groups is 3. The third-order valence-electron chi connectivity index (χ3n) is 6.74. The Morgan fingerprint density at radius 3 is 2.42 bits per heavy atom. The Balaban J connectivity index is 1.55. The maximum atomic E-state index is 13.3. The SMILES string of the molecule is CN1C(=O)N(CC(=O)Nc2cc(C(F)(F)F)ccc2N2CCOCC2)C(=O)C12CCCCC2. The van der Waals surface area contributed by atoms with E-state index < -0.39 is 41.7 Å². The minimum atomic E-state index is -4.58. The Morgan fingerprint density at radius 2 is 1.79 bits per heavy atom. The smallest absolute Gasteiger partial charge is 0.378 e. The van der Waals surface area contributed by atoms with Crippen LogP contribution in [0.4, 0.5) is 29.3 Å². The van der Waals surface area contributed by atoms with Crippen molar-refractivity contribution in [2.75, 3.05) is 50.1 Å². The molecule has 8 nitrogen and oxygen atoms in total. The molecule has 1 spiro atoms. The number of alkyl halides is 3. The summed E-state index contributed by atoms with van der Waals surface area (Å²) in [6.07, 6.45) is -0.882. The van der Waals surface area contributed by atoms with Crippen LogP contribution in [0.5, 0.6) is 0 Å². The second-order valence-corrected chi connectivity index (χ2v) is 8.70. The van der Waals surface area contributed by atoms with Crippen LogP contribution in [0.3, 0.4) is 0 Å². The van der Waals surface area contributed by atoms with E-state index in [9.17, 15) is 27.6 Å². The van der Waals surface area contributed by atoms with Gasteiger partial charge >= 0.3 is 12.2 Å². The topological polar surface area (TPSA) is 82.2 Å². The normalized spacial score (nSPS) is 21.2. The predicted molar refractivity (Wildman–Crippen MR) is 114 cm³/mol. The lowest BCUT2D eigenvalue weighted by Crippen LogP contribution is -2.49. The number of halogens is 3. The van der Waals surface area contributed by atoms with Gasteiger partial charge in [-0.1, -0.05) is 19.3 Å². The van der Waals surface area contributed by atoms with Gasteiger partial charge < -0.3 is 19.9 Å². The zero-order chi connectivity index (χ0) is 23.8. The third-order valence-corrected chi connectivity index (χ3v) is 6.74. The molecule has 1 aliphatic carbocycles. The average Bonchev–Trinajstić information content (AvgIpc) is 2.96. The number of anilines is 2. The Bertz CT molecular complexity index is 940. The van der Waals surface area contributed by atoms with Gasteiger partial charge in [-0.15, -0.1) is 0 Å². The van der Waals surface area contributed by atoms with E-state index in [-0.39, 0.29) is 5.69 Å². The van der Waals surface area contributed by atoms with E-state index in [0.717, 1.165) is 36.3 Å². The molecule has 4 amide bonds. The van der Waals surface area contributed by atoms with Crippen molar-refractivity contribution in [3.8, 4) is 0 Å². The lowest BCUT2D eigenvalue weighted by atomic mass is 9.81. The van der Waals surface area contributed by atoms with Crippen molar-refractivity contribution in [3.63, 3.8) is 0 Å². The molecule has 1 saturated carbocycles. The molecule has 4 rings (SSSR count). The minimum Gasteiger partial charge on any atom is -0.378 e. The van der Waals surface area contributed by atoms with Crippen LogP contribution < -0.4 is 10.2 Å². The first-order chi connectivity index (χ1) is 15.6. The van der Waals surface area contributed by atoms with Gasteiger partial charge in [-0.3, -0.25) is 14.5 Å². The molecular formula is C22H27F3N4O4. The number of amides is 4. The second kappa shape index (κ2) is 8.85. The summed E-state index contributed by atoms with van der Waals surface area (Å²) in [5.41, 5.74) is -1.41. The van der Waals surface area contributed by atoms with Gasteiger partial charge in [0.05, 0.1) is 30.2 Å². The quantitative estimate of drug-likeness (QED) is 0.687. The first kappa shape index (κ1) is 23.3. The summed E-state index contributed by atoms with van der Waals surface area (Å²) in [7, 11) is 1.56. The molecule has 0 atom stereocenters. The zero-order valence-electron chi connectivity index (χ0n) is 18.4. The molecular weight excluding hydrogens is 441 g/mol. The fourth-order valence-corrected chi connectivity index (χ4v) is 4.90. The van der Waals surface area contributed by atoms with E-state index in [1.54, 1.807) is 7.05 Å². The molecule has 11 heteroatoms. The molecule has 1 N–H and O–H groups in total. The van der Waals surface area contributed by atoms with Crippen LogP contribution in [0.15, 0.2) is 18.2 Å². The molecule has 0 bridgehead atoms. The molecule has 2 heterocycles. The number of ether oxygens (including phenoxy) is 1. The van der Waals surface area contributed by atoms with Gasteiger partial charge in [-0.25, -0.2) is 4.79 Å². The predicted octanol–water partition coefficient (Wildman–Crippen LogP) is 3.08. The molecule has 3 fully saturated rings. The molecule has 0 unspecified atom stereocenters. The Hall–Kier alpha value is -2.82. The van der Waals surface area contributed by atoms with Crippen LogP contribution in [0.25, 0.3) is 0 Å². The molecule has 180 valence electrons. The van der Waals surface area contributed by atoms with Gasteiger partial charge in [0, 0.05) is 20.1 Å². The van der Waals surface area contributed by atoms with Gasteiger partial charge in [0.15, 0.2) is 0 Å². The van der Waals surface area contributed by atoms with E-state index in [2.05, 4.69) is 5.32 Å². The summed E-state index contributed by atoms with van der Waals surface area (Å²) < 4.78 is 45.2. The number of nitrogens with zero attached hydrogens (tertiary/aromatic N) is 3. The van der Waals surface area contributed by atoms with Crippen LogP contribution in [0.1, 0.15) is 37.7 Å². The van der Waals surface area contributed by atoms with Crippen molar-refractivity contribution >= 4 is 29.2 Å². The van der Waals surface area contributed by atoms with Gasteiger partial charge in [0.25, 0.3) is 5.91 Å². The second-order valence-electron chi connectivity index (χ2n) is 8.70. The standard InChI is InChI=1S/C22H27F3N4O4/c1-27-20(32)29(19(31)21(27)7-3-2-4-8-21)14-18(30)26-16-13-15(22(23,24)25)5-6-17(16)28-9-11-33-12-10-28/h5-6,13H,2-4,7-12,14H2,1H3,(H,26,30). The number of likely N-dealkylation sites (N-methyl/N-ethyl adjacent to an activating group) is 1. The summed E-state index contributed by atoms with van der Waals surface area (Å²) >= 11 is 0. The zero-order valence-corrected chi connectivity index (χ0v) is 18.4. The number of carbonyl (C=O) groups excluding carboxylic acids is 3. The van der Waals surface area contributed by atoms with E-state index >= 15 is 0 Å². The Kier molecular flexibility index (Phi) is 6.26. The van der Waals surface area contributed by atoms with Crippen molar-refractivity contribution in [2.24, 2.45) is 0 Å². The monoisotopic (exact) mass is 468 g/mol. The maximum absolute atomic E-state index is 13.3. The number of hydrogen-bond acceptors (Lipinski definition) is 5. The molecule has 3 aliphatic rings. The summed E-state index contributed by atoms with van der Waals surface area (Å²) in [5, 5.41) is 2.51. The molecule has 2 aliphatic heterocycles. The fourth-order valence-electron chi connectivity index (χ4n) is 4.90. The fraction of sp³-hybridized carbons (Fsp3) is 0.591. The third kappa shape index (κ3) is 4.38. The van der Waals surface area contributed by atoms with Crippen molar-refractivity contribution in [1.29, 1.82) is 0 Å². The average molecular weight is 468 g/mol. The maximum Gasteiger partial charge on any atom is 0.416 e. The van der Waals surface area contributed by atoms with Crippen molar-refractivity contribution < 1.29 is 32.3 Å². The van der Waals surface area contributed by atoms with Gasteiger partial charge in [0.2, 0.25) is 5.91 Å². The van der Waals surface area contributed by atoms with Crippen LogP contribution in [0.2, 0.25) is 0 Å². The molecule has 0 radical (unpaired) electrons. The van der Waals surface area contributed by atoms with Crippen LogP contribution >= 0.6 is 0 Å². The molecule has 1 aromatic carbocycles. The van der Waals surface area contributed by atoms with Gasteiger partial charge in [0.1, 0.15) is 12.1 Å². The lowest BCUT2D eigenvalue weighted by Gasteiger charge is -2.35. The highest BCUT2D eigenvalue weighted by atomic mass is 19.4. The summed E-state index contributed by atoms with van der Waals surface area (Å²) in [4.78, 5) is 42.8. The number of nitrogens with one attached hydrogen (secondary N) is 1. The van der Waals surface area contributed by atoms with Crippen LogP contribution in [-0.4, -0.2) is 73.1 Å². The van der Waals surface area contributed by atoms with E-state index in [1.165, 1.54) is 11.0 Å². The number of hydrogen-bond donors (Lipinski definition) is 1. The minimum absolute atomic E-state index is 0.0171. The van der Waals surface area contributed by atoms with Crippen molar-refractivity contribution in [3.05, 3.63) is 23.8 Å². The Labute approximate surface area is 189 Å². The van der Waals surface area contributed by atoms with Crippen LogP contribution in [0, 0.1) is 0 Å². The summed E-state index contributed by atoms with van der Waals surface area (Å²) in [6, 6.07) is 2.61. The number of rotatable bonds is 4. The Morgan fingerprint density at radius 1 is 1.12 bits per heavy atom. The highest BCUT2D eigenvalue weighted by Crippen LogP contribution is 2.40. The largest absolute Gasteiger partial charge is 0.416 e. The summed E-state index contributed by atoms with van der Waals surface area (Å²) in [5.74, 6) is -1.14. The highest BCUT2D eigenvalue weighted by molar-refractivity contribution is 6.10. The number of urea groups is 1. The van der Waals surface area contributed by atoms with E-state index in [0.29, 0.717) is 44.8 Å². The number of morpholine rings is 1. The highest BCUT2D eigenvalue weighted by Gasteiger charge is 2.55. The van der Waals surface area contributed by atoms with Crippen molar-refractivity contribution in [2.45, 2.75) is 43.8 Å². The molecule has 33 heavy (non-hydrogen) atoms. The van der Waals surface area contributed by atoms with Gasteiger partial charge in [-0.05, 0) is 31.0 Å². The molecule has 1 aromatic rings. The van der Waals surface area contributed by atoms with Gasteiger partial charge in [-0.2, -0.15) is 13.2 Å². The van der Waals surface area contributed by atoms with Crippen molar-refractivity contribution in [1.82, 2.24) is 9.80 Å². The number of imide groups is 1. The first-order valence-corrected chi connectivity index (χ1v) is 11.1. The summed E-state index contributed by atoms with van der Waals surface area (Å²) in [6.45, 7) is 1.21. The van der Waals surface area contributed by atoms with E-state index in [4.69, 9.17) is 4.74 Å². The molecule has 0 aromatic heterocycles. The van der Waals surface area contributed by atoms with E-state index in [1.807, 2.05) is 4.90 Å². The number of benzene rings is 1. The lowest BCUT2D eigenvalue weighted by molar-refractivity contribution is -0.137. The van der Waals surface area contributed by atoms with Crippen LogP contribution in [-0.2, 0) is 20.5 Å². The molecule has 2 saturated heterocycles. The first-order valence-electron chi connectivity index (χ1n) is 11.1.